The molecule has 0 unspecified atom stereocenters. The van der Waals surface area contributed by atoms with Crippen LogP contribution in [-0.4, -0.2) is 18.3 Å². The molecule has 4 heterocycles. The Labute approximate surface area is 683 Å². The van der Waals surface area contributed by atoms with Crippen molar-refractivity contribution < 1.29 is 0 Å². The molecule has 19 aromatic carbocycles. The molecule has 6 heteroatoms. The largest absolute Gasteiger partial charge is 0.311 e. The van der Waals surface area contributed by atoms with Crippen LogP contribution in [0, 0.1) is 0 Å². The maximum atomic E-state index is 2.45. The van der Waals surface area contributed by atoms with E-state index in [0.29, 0.717) is 0 Å². The van der Waals surface area contributed by atoms with Gasteiger partial charge in [0.1, 0.15) is 0 Å². The molecule has 0 bridgehead atoms. The van der Waals surface area contributed by atoms with Crippen LogP contribution in [-0.2, 0) is 0 Å². The molecule has 23 rings (SSSR count). The molecule has 0 aliphatic heterocycles. The van der Waals surface area contributed by atoms with E-state index >= 15 is 0 Å². The number of rotatable bonds is 15. The molecule has 0 aliphatic carbocycles. The van der Waals surface area contributed by atoms with Gasteiger partial charge < -0.3 is 28.1 Å². The fraction of sp³-hybridized carbons (Fsp3) is 0. The number of anilines is 6. The van der Waals surface area contributed by atoms with Gasteiger partial charge in [-0.15, -0.1) is 0 Å². The Balaban J connectivity index is 0.592. The average molecular weight is 1500 g/mol. The normalized spacial score (nSPS) is 11.7. The number of nitrogens with zero attached hydrogens (tertiary/aromatic N) is 6. The van der Waals surface area contributed by atoms with E-state index in [4.69, 9.17) is 0 Å². The van der Waals surface area contributed by atoms with E-state index in [2.05, 4.69) is 477 Å². The van der Waals surface area contributed by atoms with Crippen molar-refractivity contribution in [2.75, 3.05) is 9.80 Å². The Kier molecular flexibility index (Phi) is 16.2. The minimum atomic E-state index is 1.05. The number of benzene rings is 19. The van der Waals surface area contributed by atoms with Crippen LogP contribution in [0.5, 0.6) is 0 Å². The number of para-hydroxylation sites is 7. The summed E-state index contributed by atoms with van der Waals surface area (Å²) in [5.74, 6) is 0. The van der Waals surface area contributed by atoms with Gasteiger partial charge in [-0.25, -0.2) is 0 Å². The lowest BCUT2D eigenvalue weighted by Crippen LogP contribution is -2.11. The number of fused-ring (bicyclic) bond motifs is 13. The first-order valence-electron chi connectivity index (χ1n) is 40.5. The first-order valence-corrected chi connectivity index (χ1v) is 40.5. The highest BCUT2D eigenvalue weighted by molar-refractivity contribution is 6.17. The molecule has 4 aromatic heterocycles. The van der Waals surface area contributed by atoms with Gasteiger partial charge >= 0.3 is 0 Å². The predicted molar refractivity (Wildman–Crippen MR) is 498 cm³/mol. The van der Waals surface area contributed by atoms with Crippen molar-refractivity contribution in [1.29, 1.82) is 0 Å². The van der Waals surface area contributed by atoms with E-state index in [9.17, 15) is 0 Å². The van der Waals surface area contributed by atoms with Gasteiger partial charge in [-0.05, 0) is 231 Å². The Hall–Kier alpha value is -15.8. The van der Waals surface area contributed by atoms with Crippen molar-refractivity contribution in [2.45, 2.75) is 0 Å². The SMILES string of the molecule is c1ccc(-c2ccc(N(c3ccc(-n4c5ccccc5c5c(-c6cccc(-c7ccc(N(c8ccc(-c9ccc%10c%11ccccc%11n(-c%11ccccc%11)c%10c9)cc8)c8ccc(-n9c%10ccccc%10c%10ccccc%109)cc8)cc7)c6)cccc54)cc3)c3ccc(-c4ccc5c6ccccc6n(-c6ccccc6)c5c4)c4ccccc34)cc2)cc1. The Morgan fingerprint density at radius 1 is 0.144 bits per heavy atom. The molecule has 23 aromatic rings. The summed E-state index contributed by atoms with van der Waals surface area (Å²) in [6.07, 6.45) is 0. The van der Waals surface area contributed by atoms with E-state index in [1.807, 2.05) is 0 Å². The van der Waals surface area contributed by atoms with Crippen molar-refractivity contribution in [3.8, 4) is 78.4 Å². The standard InChI is InChI=1S/C112H74N6/c1-4-24-75(25-5-1)76-46-58-88(59-47-76)114(108-71-70-92(94-32-10-11-33-95(94)108)82-53-69-101-99-37-15-20-43-106(99)118(111(101)74-82)84-30-8-3-9-31-84)89-62-66-91(67-63-89)116-107-44-21-16-38-102(107)112-93(39-23-45-109(112)116)81-27-22-26-79(72-81)77-48-54-85(55-49-77)113(87-60-64-90(65-61-87)115-103-40-17-12-34-96(103)97-35-13-18-41-104(97)115)86-56-50-78(51-57-86)80-52-68-100-98-36-14-19-42-105(98)117(110(100)73-80)83-28-6-2-7-29-83/h1-74H. The minimum Gasteiger partial charge on any atom is -0.311 e. The second kappa shape index (κ2) is 28.1. The molecule has 0 spiro atoms. The summed E-state index contributed by atoms with van der Waals surface area (Å²) in [7, 11) is 0. The van der Waals surface area contributed by atoms with Gasteiger partial charge in [-0.3, -0.25) is 0 Å². The van der Waals surface area contributed by atoms with Crippen molar-refractivity contribution in [1.82, 2.24) is 18.3 Å². The van der Waals surface area contributed by atoms with E-state index in [1.54, 1.807) is 0 Å². The van der Waals surface area contributed by atoms with Gasteiger partial charge in [-0.2, -0.15) is 0 Å². The second-order valence-electron chi connectivity index (χ2n) is 30.7. The predicted octanol–water partition coefficient (Wildman–Crippen LogP) is 30.5. The van der Waals surface area contributed by atoms with Crippen molar-refractivity contribution >= 4 is 132 Å². The van der Waals surface area contributed by atoms with Gasteiger partial charge in [-0.1, -0.05) is 279 Å². The molecular formula is C112H74N6. The molecule has 0 saturated heterocycles. The molecule has 552 valence electrons. The summed E-state index contributed by atoms with van der Waals surface area (Å²) in [6, 6.07) is 165. The molecular weight excluding hydrogens is 1430 g/mol. The highest BCUT2D eigenvalue weighted by Crippen LogP contribution is 2.48. The van der Waals surface area contributed by atoms with Gasteiger partial charge in [0.15, 0.2) is 0 Å². The molecule has 0 N–H and O–H groups in total. The number of hydrogen-bond acceptors (Lipinski definition) is 2. The van der Waals surface area contributed by atoms with E-state index in [1.165, 1.54) is 109 Å². The third-order valence-corrected chi connectivity index (χ3v) is 24.2. The summed E-state index contributed by atoms with van der Waals surface area (Å²) in [5.41, 5.74) is 31.9. The van der Waals surface area contributed by atoms with Crippen LogP contribution in [0.25, 0.3) is 176 Å². The molecule has 0 amide bonds. The molecule has 0 aliphatic rings. The van der Waals surface area contributed by atoms with E-state index in [-0.39, 0.29) is 0 Å². The van der Waals surface area contributed by atoms with Crippen LogP contribution in [0.15, 0.2) is 449 Å². The van der Waals surface area contributed by atoms with Crippen molar-refractivity contribution in [2.24, 2.45) is 0 Å². The highest BCUT2D eigenvalue weighted by atomic mass is 15.2. The lowest BCUT2D eigenvalue weighted by molar-refractivity contribution is 1.17. The maximum Gasteiger partial charge on any atom is 0.0547 e. The second-order valence-corrected chi connectivity index (χ2v) is 30.7. The minimum absolute atomic E-state index is 1.05. The van der Waals surface area contributed by atoms with E-state index in [0.717, 1.165) is 101 Å². The summed E-state index contributed by atoms with van der Waals surface area (Å²) >= 11 is 0. The molecule has 0 saturated carbocycles. The summed E-state index contributed by atoms with van der Waals surface area (Å²) in [6.45, 7) is 0. The van der Waals surface area contributed by atoms with Crippen LogP contribution in [0.1, 0.15) is 0 Å². The first kappa shape index (κ1) is 67.9. The van der Waals surface area contributed by atoms with Crippen LogP contribution in [0.2, 0.25) is 0 Å². The highest BCUT2D eigenvalue weighted by Gasteiger charge is 2.24. The monoisotopic (exact) mass is 1500 g/mol. The Morgan fingerprint density at radius 2 is 0.441 bits per heavy atom. The molecule has 0 radical (unpaired) electrons. The fourth-order valence-electron chi connectivity index (χ4n) is 18.7. The third-order valence-electron chi connectivity index (χ3n) is 24.2. The Morgan fingerprint density at radius 3 is 0.941 bits per heavy atom. The lowest BCUT2D eigenvalue weighted by Gasteiger charge is -2.28. The quantitative estimate of drug-likeness (QED) is 0.102. The molecule has 6 nitrogen and oxygen atoms in total. The van der Waals surface area contributed by atoms with Crippen molar-refractivity contribution in [3.05, 3.63) is 449 Å². The summed E-state index contributed by atoms with van der Waals surface area (Å²) in [4.78, 5) is 4.82. The van der Waals surface area contributed by atoms with Gasteiger partial charge in [0, 0.05) is 99.7 Å². The van der Waals surface area contributed by atoms with Gasteiger partial charge in [0.05, 0.1) is 49.8 Å². The first-order chi connectivity index (χ1) is 58.5. The number of aromatic nitrogens is 4. The summed E-state index contributed by atoms with van der Waals surface area (Å²) in [5, 5.41) is 12.2. The van der Waals surface area contributed by atoms with Crippen LogP contribution in [0.3, 0.4) is 0 Å². The van der Waals surface area contributed by atoms with Crippen LogP contribution >= 0.6 is 0 Å². The fourth-order valence-corrected chi connectivity index (χ4v) is 18.7. The van der Waals surface area contributed by atoms with Gasteiger partial charge in [0.2, 0.25) is 0 Å². The zero-order chi connectivity index (χ0) is 77.7. The zero-order valence-electron chi connectivity index (χ0n) is 64.4. The molecule has 0 fully saturated rings. The van der Waals surface area contributed by atoms with Crippen LogP contribution < -0.4 is 9.80 Å². The molecule has 0 atom stereocenters. The topological polar surface area (TPSA) is 26.2 Å². The lowest BCUT2D eigenvalue weighted by atomic mass is 9.95. The third kappa shape index (κ3) is 11.3. The summed E-state index contributed by atoms with van der Waals surface area (Å²) < 4.78 is 9.63. The van der Waals surface area contributed by atoms with E-state index < -0.39 is 0 Å². The average Bonchev–Trinajstić information content (AvgIpc) is 1.55. The van der Waals surface area contributed by atoms with Gasteiger partial charge in [0.25, 0.3) is 0 Å². The number of hydrogen-bond donors (Lipinski definition) is 0. The Bertz CT molecular complexity index is 7760. The molecule has 118 heavy (non-hydrogen) atoms. The zero-order valence-corrected chi connectivity index (χ0v) is 64.4. The van der Waals surface area contributed by atoms with Crippen LogP contribution in [0.4, 0.5) is 34.1 Å². The maximum absolute atomic E-state index is 2.45. The smallest absolute Gasteiger partial charge is 0.0547 e. The van der Waals surface area contributed by atoms with Crippen molar-refractivity contribution in [3.63, 3.8) is 0 Å².